The molecule has 0 amide bonds. The maximum absolute atomic E-state index is 5.84. The maximum Gasteiger partial charge on any atom is 0.530 e. The Balaban J connectivity index is 0.000000153. The fourth-order valence-corrected chi connectivity index (χ4v) is 11.0. The Bertz CT molecular complexity index is 2810. The van der Waals surface area contributed by atoms with E-state index >= 15 is 0 Å². The standard InChI is InChI=1S/3C18H15O3P.C18H14O3P.Ni/c4*1-4-10-16(11-5-1)19-22(20-17-12-6-2-7-13-17)21-18-14-8-3-9-15-18;/h3*1-15H;1-2,4-15H;/q;;;-1;. The van der Waals surface area contributed by atoms with Crippen LogP contribution in [0.25, 0.3) is 0 Å². The van der Waals surface area contributed by atoms with Crippen molar-refractivity contribution in [1.29, 1.82) is 0 Å². The molecule has 0 atom stereocenters. The van der Waals surface area contributed by atoms with Crippen LogP contribution in [-0.2, 0) is 16.5 Å². The molecule has 0 fully saturated rings. The summed E-state index contributed by atoms with van der Waals surface area (Å²) in [6, 6.07) is 115. The van der Waals surface area contributed by atoms with Crippen LogP contribution in [0.15, 0.2) is 358 Å². The van der Waals surface area contributed by atoms with Gasteiger partial charge in [-0.15, -0.1) is 12.1 Å². The zero-order valence-corrected chi connectivity index (χ0v) is 52.1. The molecular weight excluding hydrogens is 1240 g/mol. The molecule has 0 aromatic heterocycles. The molecule has 12 nitrogen and oxygen atoms in total. The molecule has 0 saturated carbocycles. The Morgan fingerprint density at radius 1 is 0.146 bits per heavy atom. The van der Waals surface area contributed by atoms with Gasteiger partial charge in [0.1, 0.15) is 63.2 Å². The van der Waals surface area contributed by atoms with E-state index in [4.69, 9.17) is 54.3 Å². The summed E-state index contributed by atoms with van der Waals surface area (Å²) in [6.45, 7) is 0. The average molecular weight is 1300 g/mol. The second-order valence-electron chi connectivity index (χ2n) is 17.7. The monoisotopic (exact) mass is 1300 g/mol. The maximum atomic E-state index is 5.84. The molecule has 0 N–H and O–H groups in total. The van der Waals surface area contributed by atoms with Crippen LogP contribution < -0.4 is 54.3 Å². The van der Waals surface area contributed by atoms with Crippen LogP contribution >= 0.6 is 34.4 Å². The Labute approximate surface area is 535 Å². The molecule has 12 aromatic rings. The molecule has 12 aromatic carbocycles. The summed E-state index contributed by atoms with van der Waals surface area (Å²) in [7, 11) is -6.37. The first-order valence-electron chi connectivity index (χ1n) is 27.5. The van der Waals surface area contributed by atoms with Crippen LogP contribution in [-0.4, -0.2) is 0 Å². The second-order valence-corrected chi connectivity index (χ2v) is 21.6. The largest absolute Gasteiger partial charge is 0.530 e. The van der Waals surface area contributed by atoms with Gasteiger partial charge in [0.15, 0.2) is 0 Å². The molecule has 12 rings (SSSR count). The van der Waals surface area contributed by atoms with E-state index < -0.39 is 34.4 Å². The molecule has 17 heteroatoms. The van der Waals surface area contributed by atoms with Crippen molar-refractivity contribution in [1.82, 2.24) is 0 Å². The molecule has 0 heterocycles. The quantitative estimate of drug-likeness (QED) is 0.0326. The van der Waals surface area contributed by atoms with Gasteiger partial charge < -0.3 is 54.3 Å². The molecule has 0 aliphatic heterocycles. The van der Waals surface area contributed by atoms with Crippen molar-refractivity contribution < 1.29 is 70.8 Å². The molecule has 89 heavy (non-hydrogen) atoms. The number of hydrogen-bond donors (Lipinski definition) is 0. The Morgan fingerprint density at radius 3 is 0.360 bits per heavy atom. The van der Waals surface area contributed by atoms with E-state index in [0.717, 1.165) is 0 Å². The van der Waals surface area contributed by atoms with E-state index in [2.05, 4.69) is 6.07 Å². The van der Waals surface area contributed by atoms with Gasteiger partial charge in [0.2, 0.25) is 0 Å². The molecule has 0 unspecified atom stereocenters. The minimum atomic E-state index is -1.60. The number of para-hydroxylation sites is 11. The summed E-state index contributed by atoms with van der Waals surface area (Å²) in [5.74, 6) is 8.46. The van der Waals surface area contributed by atoms with Crippen LogP contribution in [0.2, 0.25) is 0 Å². The molecule has 0 bridgehead atoms. The second kappa shape index (κ2) is 38.6. The van der Waals surface area contributed by atoms with Gasteiger partial charge in [-0.2, -0.15) is 18.2 Å². The SMILES string of the molecule is [Ni].[c-]1ccc(OP(Oc2ccccc2)Oc2ccccc2)cc1.c1ccc(OP(Oc2ccccc2)Oc2ccccc2)cc1.c1ccc(OP(Oc2ccccc2)Oc2ccccc2)cc1.c1ccc(OP(Oc2ccccc2)Oc2ccccc2)cc1. The summed E-state index contributed by atoms with van der Waals surface area (Å²) in [4.78, 5) is 0. The van der Waals surface area contributed by atoms with Crippen LogP contribution in [0.4, 0.5) is 0 Å². The van der Waals surface area contributed by atoms with Crippen molar-refractivity contribution in [2.75, 3.05) is 0 Å². The third kappa shape index (κ3) is 25.4. The van der Waals surface area contributed by atoms with Gasteiger partial charge in [-0.3, -0.25) is 0 Å². The Kier molecular flexibility index (Phi) is 28.4. The fraction of sp³-hybridized carbons (Fsp3) is 0. The summed E-state index contributed by atoms with van der Waals surface area (Å²) in [5.41, 5.74) is 0. The topological polar surface area (TPSA) is 111 Å². The van der Waals surface area contributed by atoms with Gasteiger partial charge in [0.05, 0.1) is 0 Å². The Hall–Kier alpha value is -9.55. The first-order chi connectivity index (χ1) is 43.6. The normalized spacial score (nSPS) is 10.1. The minimum absolute atomic E-state index is 0. The van der Waals surface area contributed by atoms with E-state index in [-0.39, 0.29) is 16.5 Å². The van der Waals surface area contributed by atoms with Crippen molar-refractivity contribution in [3.05, 3.63) is 364 Å². The van der Waals surface area contributed by atoms with Gasteiger partial charge in [0.25, 0.3) is 0 Å². The van der Waals surface area contributed by atoms with Crippen LogP contribution in [0.3, 0.4) is 0 Å². The molecule has 0 radical (unpaired) electrons. The third-order valence-corrected chi connectivity index (χ3v) is 15.3. The summed E-state index contributed by atoms with van der Waals surface area (Å²) in [5, 5.41) is 0. The minimum Gasteiger partial charge on any atom is -0.435 e. The summed E-state index contributed by atoms with van der Waals surface area (Å²) in [6.07, 6.45) is 0. The number of rotatable bonds is 24. The molecule has 450 valence electrons. The zero-order chi connectivity index (χ0) is 60.1. The van der Waals surface area contributed by atoms with Gasteiger partial charge in [-0.1, -0.05) is 200 Å². The van der Waals surface area contributed by atoms with Gasteiger partial charge >= 0.3 is 34.4 Å². The smallest absolute Gasteiger partial charge is 0.435 e. The van der Waals surface area contributed by atoms with Gasteiger partial charge in [0, 0.05) is 22.2 Å². The molecule has 0 spiro atoms. The number of benzene rings is 12. The van der Waals surface area contributed by atoms with Crippen LogP contribution in [0.5, 0.6) is 69.0 Å². The Morgan fingerprint density at radius 2 is 0.247 bits per heavy atom. The van der Waals surface area contributed by atoms with Crippen molar-refractivity contribution >= 4 is 34.4 Å². The predicted molar refractivity (Wildman–Crippen MR) is 351 cm³/mol. The third-order valence-electron chi connectivity index (χ3n) is 11.0. The van der Waals surface area contributed by atoms with Gasteiger partial charge in [-0.25, -0.2) is 0 Å². The van der Waals surface area contributed by atoms with Crippen molar-refractivity contribution in [2.24, 2.45) is 0 Å². The van der Waals surface area contributed by atoms with E-state index in [1.54, 1.807) is 12.1 Å². The summed E-state index contributed by atoms with van der Waals surface area (Å²) >= 11 is 0. The molecular formula is C72H59NiO12P4-. The van der Waals surface area contributed by atoms with Crippen molar-refractivity contribution in [2.45, 2.75) is 0 Å². The zero-order valence-electron chi connectivity index (χ0n) is 47.6. The molecule has 0 saturated heterocycles. The van der Waals surface area contributed by atoms with E-state index in [9.17, 15) is 0 Å². The summed E-state index contributed by atoms with van der Waals surface area (Å²) < 4.78 is 70.1. The predicted octanol–water partition coefficient (Wildman–Crippen LogP) is 21.6. The van der Waals surface area contributed by atoms with Crippen molar-refractivity contribution in [3.63, 3.8) is 0 Å². The first-order valence-corrected chi connectivity index (χ1v) is 31.9. The van der Waals surface area contributed by atoms with E-state index in [1.165, 1.54) is 0 Å². The van der Waals surface area contributed by atoms with Gasteiger partial charge in [-0.05, 0) is 133 Å². The molecule has 0 aliphatic rings. The first kappa shape index (κ1) is 65.4. The van der Waals surface area contributed by atoms with E-state index in [1.807, 2.05) is 346 Å². The fourth-order valence-electron chi connectivity index (χ4n) is 6.98. The molecule has 0 aliphatic carbocycles. The van der Waals surface area contributed by atoms with Crippen LogP contribution in [0.1, 0.15) is 0 Å². The number of hydrogen-bond acceptors (Lipinski definition) is 12. The van der Waals surface area contributed by atoms with Crippen LogP contribution in [0, 0.1) is 6.07 Å². The van der Waals surface area contributed by atoms with E-state index in [0.29, 0.717) is 69.0 Å². The van der Waals surface area contributed by atoms with Crippen molar-refractivity contribution in [3.8, 4) is 69.0 Å². The average Bonchev–Trinajstić information content (AvgIpc) is 3.73.